The van der Waals surface area contributed by atoms with Crippen LogP contribution in [0, 0.1) is 0 Å². The van der Waals surface area contributed by atoms with Crippen LogP contribution in [0.2, 0.25) is 0 Å². The van der Waals surface area contributed by atoms with Crippen molar-refractivity contribution >= 4 is 13.7 Å². The lowest BCUT2D eigenvalue weighted by molar-refractivity contribution is -0.870. The zero-order chi connectivity index (χ0) is 59.8. The maximum Gasteiger partial charge on any atom is 0.472 e. The minimum Gasteiger partial charge on any atom is -0.387 e. The number of aliphatic hydroxyl groups excluding tert-OH is 1. The summed E-state index contributed by atoms with van der Waals surface area (Å²) in [5, 5.41) is 14.0. The summed E-state index contributed by atoms with van der Waals surface area (Å²) in [6.45, 7) is 4.85. The van der Waals surface area contributed by atoms with E-state index < -0.39 is 20.0 Å². The molecular formula is C73H142N2O6P+. The van der Waals surface area contributed by atoms with Gasteiger partial charge in [0, 0.05) is 6.42 Å². The van der Waals surface area contributed by atoms with Crippen LogP contribution >= 0.6 is 7.82 Å². The summed E-state index contributed by atoms with van der Waals surface area (Å²) in [6.07, 6.45) is 87.1. The molecule has 3 unspecified atom stereocenters. The zero-order valence-electron chi connectivity index (χ0n) is 55.5. The first-order chi connectivity index (χ1) is 40.0. The van der Waals surface area contributed by atoms with Gasteiger partial charge in [0.2, 0.25) is 5.91 Å². The molecule has 1 amide bonds. The molecule has 0 bridgehead atoms. The molecule has 484 valence electrons. The summed E-state index contributed by atoms with van der Waals surface area (Å²) in [5.74, 6) is -0.182. The van der Waals surface area contributed by atoms with E-state index in [-0.39, 0.29) is 19.1 Å². The number of aliphatic hydroxyl groups is 1. The van der Waals surface area contributed by atoms with Gasteiger partial charge < -0.3 is 19.8 Å². The van der Waals surface area contributed by atoms with Crippen LogP contribution in [-0.2, 0) is 18.4 Å². The number of phosphoric ester groups is 1. The van der Waals surface area contributed by atoms with Gasteiger partial charge >= 0.3 is 7.82 Å². The number of rotatable bonds is 67. The fraction of sp³-hybridized carbons (Fsp3) is 0.877. The Kier molecular flexibility index (Phi) is 62.7. The molecule has 0 spiro atoms. The van der Waals surface area contributed by atoms with Crippen molar-refractivity contribution in [1.29, 1.82) is 0 Å². The van der Waals surface area contributed by atoms with E-state index in [9.17, 15) is 19.4 Å². The number of nitrogens with zero attached hydrogens (tertiary/aromatic N) is 1. The summed E-state index contributed by atoms with van der Waals surface area (Å²) >= 11 is 0. The Hall–Kier alpha value is -1.54. The van der Waals surface area contributed by atoms with Crippen molar-refractivity contribution in [3.63, 3.8) is 0 Å². The van der Waals surface area contributed by atoms with Gasteiger partial charge in [0.25, 0.3) is 0 Å². The van der Waals surface area contributed by atoms with Gasteiger partial charge in [0.05, 0.1) is 39.9 Å². The van der Waals surface area contributed by atoms with Crippen LogP contribution in [0.3, 0.4) is 0 Å². The van der Waals surface area contributed by atoms with Crippen LogP contribution in [0.25, 0.3) is 0 Å². The number of hydrogen-bond acceptors (Lipinski definition) is 5. The average Bonchev–Trinajstić information content (AvgIpc) is 3.46. The number of likely N-dealkylation sites (N-methyl/N-ethyl adjacent to an activating group) is 1. The number of phosphoric acid groups is 1. The first kappa shape index (κ1) is 80.5. The van der Waals surface area contributed by atoms with Crippen LogP contribution < -0.4 is 5.32 Å². The van der Waals surface area contributed by atoms with Gasteiger partial charge in [0.1, 0.15) is 13.2 Å². The van der Waals surface area contributed by atoms with Crippen LogP contribution in [0.4, 0.5) is 0 Å². The van der Waals surface area contributed by atoms with Crippen LogP contribution in [0.5, 0.6) is 0 Å². The Morgan fingerprint density at radius 2 is 0.707 bits per heavy atom. The highest BCUT2D eigenvalue weighted by molar-refractivity contribution is 7.47. The van der Waals surface area contributed by atoms with Crippen molar-refractivity contribution in [3.8, 4) is 0 Å². The van der Waals surface area contributed by atoms with E-state index in [0.717, 1.165) is 44.9 Å². The second kappa shape index (κ2) is 63.9. The molecule has 0 aliphatic heterocycles. The van der Waals surface area contributed by atoms with Crippen molar-refractivity contribution in [2.24, 2.45) is 0 Å². The molecule has 0 aromatic heterocycles. The molecule has 9 heteroatoms. The third-order valence-corrected chi connectivity index (χ3v) is 17.5. The number of hydrogen-bond donors (Lipinski definition) is 3. The monoisotopic (exact) mass is 1170 g/mol. The number of allylic oxidation sites excluding steroid dienone is 7. The zero-order valence-corrected chi connectivity index (χ0v) is 56.4. The standard InChI is InChI=1S/C73H141N2O6P/c1-6-8-10-12-14-16-18-20-22-24-26-28-29-30-31-32-33-34-35-36-37-38-39-40-41-42-43-44-45-47-49-51-53-55-57-59-61-63-65-67-73(77)74-71(70-81-82(78,79)80-69-68-75(3,4)5)72(76)66-64-62-60-58-56-54-52-50-48-46-27-25-23-21-19-17-15-13-11-9-7-2/h33-34,36-37,56,58,64,66,71-72,76H,6-32,35,38-55,57,59-63,65,67-70H2,1-5H3,(H-,74,77,78,79)/p+1/b34-33-,37-36-,58-56+,66-64+. The van der Waals surface area contributed by atoms with Gasteiger partial charge in [0.15, 0.2) is 0 Å². The van der Waals surface area contributed by atoms with Gasteiger partial charge in [-0.1, -0.05) is 339 Å². The molecule has 0 radical (unpaired) electrons. The van der Waals surface area contributed by atoms with E-state index in [1.807, 2.05) is 27.2 Å². The fourth-order valence-corrected chi connectivity index (χ4v) is 11.7. The molecule has 0 saturated carbocycles. The summed E-state index contributed by atoms with van der Waals surface area (Å²) < 4.78 is 23.8. The minimum absolute atomic E-state index is 0.0568. The van der Waals surface area contributed by atoms with Crippen molar-refractivity contribution < 1.29 is 32.9 Å². The lowest BCUT2D eigenvalue weighted by Crippen LogP contribution is -2.45. The highest BCUT2D eigenvalue weighted by atomic mass is 31.2. The Morgan fingerprint density at radius 1 is 0.415 bits per heavy atom. The molecule has 0 aromatic rings. The van der Waals surface area contributed by atoms with E-state index in [4.69, 9.17) is 9.05 Å². The van der Waals surface area contributed by atoms with E-state index in [2.05, 4.69) is 55.6 Å². The Morgan fingerprint density at radius 3 is 1.05 bits per heavy atom. The van der Waals surface area contributed by atoms with Crippen LogP contribution in [0.1, 0.15) is 361 Å². The molecule has 0 aliphatic rings. The Bertz CT molecular complexity index is 1480. The van der Waals surface area contributed by atoms with E-state index in [1.54, 1.807) is 6.08 Å². The predicted molar refractivity (Wildman–Crippen MR) is 360 cm³/mol. The maximum atomic E-state index is 13.0. The number of nitrogens with one attached hydrogen (secondary N) is 1. The number of carbonyl (C=O) groups excluding carboxylic acids is 1. The SMILES string of the molecule is CCCCCCCCCCCCCCCCC/C=C\C/C=C\CCCCCCCCCCCCCCCCCCCC(=O)NC(COP(=O)(O)OCC[N+](C)(C)C)C(O)/C=C/CC/C=C/CCCCCCCCCCCCCCCCC. The number of quaternary nitrogens is 1. The molecule has 8 nitrogen and oxygen atoms in total. The van der Waals surface area contributed by atoms with Crippen molar-refractivity contribution in [1.82, 2.24) is 5.32 Å². The molecule has 0 saturated heterocycles. The highest BCUT2D eigenvalue weighted by Gasteiger charge is 2.28. The van der Waals surface area contributed by atoms with Gasteiger partial charge in [-0.3, -0.25) is 13.8 Å². The molecule has 0 fully saturated rings. The van der Waals surface area contributed by atoms with Gasteiger partial charge in [-0.15, -0.1) is 0 Å². The number of unbranched alkanes of at least 4 members (excludes halogenated alkanes) is 48. The van der Waals surface area contributed by atoms with Crippen LogP contribution in [-0.4, -0.2) is 73.4 Å². The van der Waals surface area contributed by atoms with Gasteiger partial charge in [-0.25, -0.2) is 4.57 Å². The second-order valence-corrected chi connectivity index (χ2v) is 27.4. The summed E-state index contributed by atoms with van der Waals surface area (Å²) in [6, 6.07) is -0.865. The molecule has 3 atom stereocenters. The summed E-state index contributed by atoms with van der Waals surface area (Å²) in [7, 11) is 1.57. The number of amides is 1. The second-order valence-electron chi connectivity index (χ2n) is 26.0. The molecule has 0 rings (SSSR count). The van der Waals surface area contributed by atoms with E-state index >= 15 is 0 Å². The Labute approximate surface area is 511 Å². The van der Waals surface area contributed by atoms with Gasteiger partial charge in [-0.2, -0.15) is 0 Å². The molecule has 0 aromatic carbocycles. The average molecular weight is 1170 g/mol. The van der Waals surface area contributed by atoms with E-state index in [0.29, 0.717) is 17.4 Å². The quantitative estimate of drug-likeness (QED) is 0.0243. The lowest BCUT2D eigenvalue weighted by atomic mass is 10.0. The molecule has 3 N–H and O–H groups in total. The summed E-state index contributed by atoms with van der Waals surface area (Å²) in [5.41, 5.74) is 0. The van der Waals surface area contributed by atoms with Crippen molar-refractivity contribution in [2.75, 3.05) is 40.9 Å². The lowest BCUT2D eigenvalue weighted by Gasteiger charge is -2.25. The molecule has 82 heavy (non-hydrogen) atoms. The summed E-state index contributed by atoms with van der Waals surface area (Å²) in [4.78, 5) is 23.4. The highest BCUT2D eigenvalue weighted by Crippen LogP contribution is 2.43. The third kappa shape index (κ3) is 66.0. The number of carbonyl (C=O) groups is 1. The smallest absolute Gasteiger partial charge is 0.387 e. The van der Waals surface area contributed by atoms with Crippen LogP contribution in [0.15, 0.2) is 48.6 Å². The maximum absolute atomic E-state index is 13.0. The fourth-order valence-electron chi connectivity index (χ4n) is 10.9. The Balaban J connectivity index is 3.98. The minimum atomic E-state index is -4.36. The van der Waals surface area contributed by atoms with Crippen molar-refractivity contribution in [2.45, 2.75) is 373 Å². The predicted octanol–water partition coefficient (Wildman–Crippen LogP) is 23.0. The molecule has 0 heterocycles. The first-order valence-corrected chi connectivity index (χ1v) is 37.5. The molecule has 0 aliphatic carbocycles. The van der Waals surface area contributed by atoms with Gasteiger partial charge in [-0.05, 0) is 64.2 Å². The molecular weight excluding hydrogens is 1030 g/mol. The normalized spacial score (nSPS) is 13.9. The van der Waals surface area contributed by atoms with E-state index in [1.165, 1.54) is 295 Å². The van der Waals surface area contributed by atoms with Crippen molar-refractivity contribution in [3.05, 3.63) is 48.6 Å². The topological polar surface area (TPSA) is 105 Å². The largest absolute Gasteiger partial charge is 0.472 e. The third-order valence-electron chi connectivity index (χ3n) is 16.5. The first-order valence-electron chi connectivity index (χ1n) is 36.0.